The van der Waals surface area contributed by atoms with E-state index in [1.807, 2.05) is 0 Å². The lowest BCUT2D eigenvalue weighted by atomic mass is 10.0. The molecular weight excluding hydrogens is 300 g/mol. The Morgan fingerprint density at radius 1 is 1.30 bits per heavy atom. The lowest BCUT2D eigenvalue weighted by Crippen LogP contribution is -2.52. The smallest absolute Gasteiger partial charge is 0.237 e. The molecule has 0 saturated carbocycles. The number of phenolic OH excluding ortho intramolecular Hbond substituents is 1. The van der Waals surface area contributed by atoms with E-state index in [-0.39, 0.29) is 12.3 Å². The van der Waals surface area contributed by atoms with Gasteiger partial charge in [-0.05, 0) is 31.0 Å². The summed E-state index contributed by atoms with van der Waals surface area (Å²) < 4.78 is 0. The van der Waals surface area contributed by atoms with E-state index in [9.17, 15) is 19.5 Å². The largest absolute Gasteiger partial charge is 0.508 e. The molecule has 7 N–H and O–H groups in total. The van der Waals surface area contributed by atoms with Gasteiger partial charge >= 0.3 is 0 Å². The zero-order valence-corrected chi connectivity index (χ0v) is 12.9. The average molecular weight is 322 g/mol. The van der Waals surface area contributed by atoms with Crippen LogP contribution in [-0.4, -0.2) is 47.9 Å². The van der Waals surface area contributed by atoms with Crippen LogP contribution in [0.3, 0.4) is 0 Å². The Labute approximate surface area is 134 Å². The summed E-state index contributed by atoms with van der Waals surface area (Å²) in [5.41, 5.74) is 11.6. The molecular formula is C15H22N4O4. The second kappa shape index (κ2) is 8.86. The van der Waals surface area contributed by atoms with Crippen molar-refractivity contribution in [2.75, 3.05) is 6.54 Å². The van der Waals surface area contributed by atoms with Crippen molar-refractivity contribution in [2.45, 2.75) is 31.5 Å². The molecule has 2 amide bonds. The number of aromatic hydroxyl groups is 1. The van der Waals surface area contributed by atoms with E-state index in [0.717, 1.165) is 5.56 Å². The predicted octanol–water partition coefficient (Wildman–Crippen LogP) is -1.59. The first-order valence-corrected chi connectivity index (χ1v) is 7.15. The normalized spacial score (nSPS) is 14.5. The van der Waals surface area contributed by atoms with E-state index >= 15 is 0 Å². The molecule has 1 aromatic carbocycles. The topological polar surface area (TPSA) is 148 Å². The van der Waals surface area contributed by atoms with Crippen molar-refractivity contribution in [3.8, 4) is 5.75 Å². The Kier molecular flexibility index (Phi) is 7.17. The number of primary amides is 1. The van der Waals surface area contributed by atoms with E-state index in [4.69, 9.17) is 11.5 Å². The molecule has 23 heavy (non-hydrogen) atoms. The standard InChI is InChI=1S/C15H22N4O4/c1-9(16)15(23)19-11(8-20)7-18-13(14(17)22)6-10-2-4-12(21)5-3-10/h2-5,8-9,11,13,18,21H,6-7,16H2,1H3,(H2,17,22)(H,19,23)/t9-,11-,13-/m0/s1. The number of nitrogens with two attached hydrogens (primary N) is 2. The van der Waals surface area contributed by atoms with Gasteiger partial charge in [-0.3, -0.25) is 9.59 Å². The second-order valence-electron chi connectivity index (χ2n) is 5.27. The summed E-state index contributed by atoms with van der Waals surface area (Å²) in [6.07, 6.45) is 0.855. The predicted molar refractivity (Wildman–Crippen MR) is 84.4 cm³/mol. The quantitative estimate of drug-likeness (QED) is 0.346. The van der Waals surface area contributed by atoms with Crippen LogP contribution in [0.25, 0.3) is 0 Å². The lowest BCUT2D eigenvalue weighted by Gasteiger charge is -2.19. The molecule has 126 valence electrons. The van der Waals surface area contributed by atoms with Gasteiger partial charge in [-0.15, -0.1) is 0 Å². The zero-order valence-electron chi connectivity index (χ0n) is 12.9. The first kappa shape index (κ1) is 18.6. The van der Waals surface area contributed by atoms with Crippen molar-refractivity contribution >= 4 is 18.1 Å². The SMILES string of the molecule is C[C@H](N)C(=O)N[C@H](C=O)CN[C@@H](Cc1ccc(O)cc1)C(N)=O. The molecule has 0 fully saturated rings. The van der Waals surface area contributed by atoms with Crippen LogP contribution in [0.15, 0.2) is 24.3 Å². The number of hydrogen-bond donors (Lipinski definition) is 5. The van der Waals surface area contributed by atoms with Gasteiger partial charge < -0.3 is 32.0 Å². The number of carbonyl (C=O) groups excluding carboxylic acids is 3. The van der Waals surface area contributed by atoms with Crippen LogP contribution in [-0.2, 0) is 20.8 Å². The van der Waals surface area contributed by atoms with Crippen LogP contribution in [0.1, 0.15) is 12.5 Å². The molecule has 1 aromatic rings. The van der Waals surface area contributed by atoms with Crippen LogP contribution < -0.4 is 22.1 Å². The summed E-state index contributed by atoms with van der Waals surface area (Å²) in [4.78, 5) is 34.0. The molecule has 8 nitrogen and oxygen atoms in total. The van der Waals surface area contributed by atoms with Crippen LogP contribution in [0.5, 0.6) is 5.75 Å². The second-order valence-corrected chi connectivity index (χ2v) is 5.27. The highest BCUT2D eigenvalue weighted by atomic mass is 16.3. The summed E-state index contributed by atoms with van der Waals surface area (Å²) in [6, 6.07) is 4.09. The Balaban J connectivity index is 2.61. The van der Waals surface area contributed by atoms with E-state index in [2.05, 4.69) is 10.6 Å². The van der Waals surface area contributed by atoms with Gasteiger partial charge in [0.25, 0.3) is 0 Å². The van der Waals surface area contributed by atoms with Crippen molar-refractivity contribution < 1.29 is 19.5 Å². The average Bonchev–Trinajstić information content (AvgIpc) is 2.51. The molecule has 3 atom stereocenters. The van der Waals surface area contributed by atoms with Crippen LogP contribution in [0.4, 0.5) is 0 Å². The minimum atomic E-state index is -0.810. The Hall–Kier alpha value is -2.45. The highest BCUT2D eigenvalue weighted by Gasteiger charge is 2.19. The van der Waals surface area contributed by atoms with Crippen molar-refractivity contribution in [2.24, 2.45) is 11.5 Å². The van der Waals surface area contributed by atoms with Crippen LogP contribution in [0, 0.1) is 0 Å². The maximum Gasteiger partial charge on any atom is 0.237 e. The van der Waals surface area contributed by atoms with Gasteiger partial charge in [0.05, 0.1) is 18.1 Å². The van der Waals surface area contributed by atoms with Crippen LogP contribution in [0.2, 0.25) is 0 Å². The number of carbonyl (C=O) groups is 3. The Bertz CT molecular complexity index is 545. The first-order chi connectivity index (χ1) is 10.8. The van der Waals surface area contributed by atoms with Crippen molar-refractivity contribution in [1.29, 1.82) is 0 Å². The molecule has 0 bridgehead atoms. The molecule has 0 unspecified atom stereocenters. The molecule has 0 radical (unpaired) electrons. The van der Waals surface area contributed by atoms with Gasteiger partial charge in [-0.2, -0.15) is 0 Å². The first-order valence-electron chi connectivity index (χ1n) is 7.15. The molecule has 0 aliphatic heterocycles. The molecule has 0 heterocycles. The molecule has 0 aromatic heterocycles. The molecule has 0 aliphatic rings. The van der Waals surface area contributed by atoms with E-state index < -0.39 is 29.9 Å². The third kappa shape index (κ3) is 6.45. The number of amides is 2. The summed E-state index contributed by atoms with van der Waals surface area (Å²) >= 11 is 0. The fourth-order valence-corrected chi connectivity index (χ4v) is 1.86. The zero-order chi connectivity index (χ0) is 17.4. The third-order valence-electron chi connectivity index (χ3n) is 3.21. The summed E-state index contributed by atoms with van der Waals surface area (Å²) in [5.74, 6) is -0.920. The fourth-order valence-electron chi connectivity index (χ4n) is 1.86. The summed E-state index contributed by atoms with van der Waals surface area (Å²) in [5, 5.41) is 14.5. The lowest BCUT2D eigenvalue weighted by molar-refractivity contribution is -0.124. The van der Waals surface area contributed by atoms with Crippen molar-refractivity contribution in [1.82, 2.24) is 10.6 Å². The van der Waals surface area contributed by atoms with E-state index in [1.54, 1.807) is 12.1 Å². The number of phenols is 1. The van der Waals surface area contributed by atoms with Crippen molar-refractivity contribution in [3.05, 3.63) is 29.8 Å². The molecule has 0 saturated heterocycles. The Morgan fingerprint density at radius 2 is 1.91 bits per heavy atom. The van der Waals surface area contributed by atoms with Gasteiger partial charge in [0.2, 0.25) is 11.8 Å². The van der Waals surface area contributed by atoms with Gasteiger partial charge in [0.15, 0.2) is 0 Å². The number of hydrogen-bond acceptors (Lipinski definition) is 6. The van der Waals surface area contributed by atoms with Crippen LogP contribution >= 0.6 is 0 Å². The molecule has 0 aliphatic carbocycles. The molecule has 8 heteroatoms. The maximum atomic E-state index is 11.5. The van der Waals surface area contributed by atoms with E-state index in [0.29, 0.717) is 12.7 Å². The number of aldehydes is 1. The van der Waals surface area contributed by atoms with Gasteiger partial charge in [-0.25, -0.2) is 0 Å². The summed E-state index contributed by atoms with van der Waals surface area (Å²) in [7, 11) is 0. The third-order valence-corrected chi connectivity index (χ3v) is 3.21. The molecule has 1 rings (SSSR count). The number of benzene rings is 1. The number of rotatable bonds is 9. The van der Waals surface area contributed by atoms with E-state index in [1.165, 1.54) is 19.1 Å². The van der Waals surface area contributed by atoms with Gasteiger partial charge in [0.1, 0.15) is 12.0 Å². The fraction of sp³-hybridized carbons (Fsp3) is 0.400. The van der Waals surface area contributed by atoms with Crippen molar-refractivity contribution in [3.63, 3.8) is 0 Å². The summed E-state index contributed by atoms with van der Waals surface area (Å²) in [6.45, 7) is 1.55. The molecule has 0 spiro atoms. The van der Waals surface area contributed by atoms with Gasteiger partial charge in [-0.1, -0.05) is 12.1 Å². The number of nitrogens with one attached hydrogen (secondary N) is 2. The maximum absolute atomic E-state index is 11.5. The highest BCUT2D eigenvalue weighted by Crippen LogP contribution is 2.11. The minimum Gasteiger partial charge on any atom is -0.508 e. The van der Waals surface area contributed by atoms with Gasteiger partial charge in [0, 0.05) is 6.54 Å². The monoisotopic (exact) mass is 322 g/mol. The minimum absolute atomic E-state index is 0.0493. The Morgan fingerprint density at radius 3 is 2.39 bits per heavy atom. The highest BCUT2D eigenvalue weighted by molar-refractivity contribution is 5.84.